The van der Waals surface area contributed by atoms with Gasteiger partial charge in [-0.2, -0.15) is 30.6 Å². The molecular weight excluding hydrogens is 508 g/mol. The molecule has 6 nitrogen and oxygen atoms in total. The summed E-state index contributed by atoms with van der Waals surface area (Å²) in [5.41, 5.74) is 7.72. The molecule has 0 fully saturated rings. The SMILES string of the molecule is Brc1ccnnc1.C#C[Si](C)(C)C.C#Cc1ccnnc1.C[Si](C)(C)C#Cc1ccnnc1. The van der Waals surface area contributed by atoms with E-state index in [1.807, 2.05) is 12.1 Å². The molecule has 3 rings (SSSR count). The molecule has 0 aromatic carbocycles. The molecule has 0 aliphatic rings. The Morgan fingerprint density at radius 2 is 1.12 bits per heavy atom. The Kier molecular flexibility index (Phi) is 14.9. The highest BCUT2D eigenvalue weighted by molar-refractivity contribution is 9.10. The van der Waals surface area contributed by atoms with Crippen molar-refractivity contribution in [1.29, 1.82) is 0 Å². The van der Waals surface area contributed by atoms with E-state index >= 15 is 0 Å². The molecule has 170 valence electrons. The molecule has 0 amide bonds. The lowest BCUT2D eigenvalue weighted by atomic mass is 10.3. The van der Waals surface area contributed by atoms with Gasteiger partial charge in [0.2, 0.25) is 0 Å². The van der Waals surface area contributed by atoms with Crippen LogP contribution >= 0.6 is 15.9 Å². The van der Waals surface area contributed by atoms with E-state index in [1.54, 1.807) is 43.2 Å². The first-order chi connectivity index (χ1) is 15.5. The van der Waals surface area contributed by atoms with E-state index in [9.17, 15) is 0 Å². The lowest BCUT2D eigenvalue weighted by molar-refractivity contribution is 1.02. The molecule has 0 saturated carbocycles. The van der Waals surface area contributed by atoms with Gasteiger partial charge in [-0.25, -0.2) is 0 Å². The van der Waals surface area contributed by atoms with Gasteiger partial charge in [0.1, 0.15) is 16.1 Å². The zero-order valence-corrected chi connectivity index (χ0v) is 23.5. The minimum Gasteiger partial charge on any atom is -0.159 e. The number of terminal acetylenes is 2. The van der Waals surface area contributed by atoms with Crippen molar-refractivity contribution in [3.8, 4) is 35.8 Å². The molecule has 0 aliphatic heterocycles. The topological polar surface area (TPSA) is 77.3 Å². The van der Waals surface area contributed by atoms with Crippen LogP contribution < -0.4 is 0 Å². The molecule has 3 aromatic heterocycles. The highest BCUT2D eigenvalue weighted by Gasteiger charge is 2.07. The third-order valence-corrected chi connectivity index (χ3v) is 5.11. The summed E-state index contributed by atoms with van der Waals surface area (Å²) in [4.78, 5) is 0. The molecule has 0 aliphatic carbocycles. The third kappa shape index (κ3) is 20.5. The lowest BCUT2D eigenvalue weighted by Gasteiger charge is -2.02. The summed E-state index contributed by atoms with van der Waals surface area (Å²) in [5, 5.41) is 21.7. The van der Waals surface area contributed by atoms with Gasteiger partial charge in [0, 0.05) is 15.6 Å². The summed E-state index contributed by atoms with van der Waals surface area (Å²) in [7, 11) is -2.35. The highest BCUT2D eigenvalue weighted by atomic mass is 79.9. The van der Waals surface area contributed by atoms with Crippen molar-refractivity contribution in [1.82, 2.24) is 30.6 Å². The van der Waals surface area contributed by atoms with E-state index in [0.29, 0.717) is 0 Å². The molecule has 0 atom stereocenters. The van der Waals surface area contributed by atoms with Crippen LogP contribution in [0.1, 0.15) is 11.1 Å². The van der Waals surface area contributed by atoms with E-state index in [0.717, 1.165) is 15.6 Å². The van der Waals surface area contributed by atoms with Crippen molar-refractivity contribution < 1.29 is 0 Å². The van der Waals surface area contributed by atoms with Gasteiger partial charge in [-0.3, -0.25) is 0 Å². The molecule has 3 heterocycles. The maximum absolute atomic E-state index is 5.12. The summed E-state index contributed by atoms with van der Waals surface area (Å²) >= 11 is 3.21. The standard InChI is InChI=1S/C9H12N2Si.C6H4N2.C5H10Si.C4H3BrN2/c1-12(2,3)7-5-9-4-6-10-11-8-9;1-2-6-3-4-7-8-5-6;1-5-6(2,3)4;5-4-1-2-6-7-3-4/h4,6,8H,1-3H3;1,3-5H;1H,2-4H3;1-3H. The fourth-order valence-electron chi connectivity index (χ4n) is 1.27. The van der Waals surface area contributed by atoms with Gasteiger partial charge in [0.15, 0.2) is 0 Å². The third-order valence-electron chi connectivity index (χ3n) is 2.90. The predicted octanol–water partition coefficient (Wildman–Crippen LogP) is 4.90. The van der Waals surface area contributed by atoms with E-state index in [2.05, 4.69) is 109 Å². The Labute approximate surface area is 208 Å². The number of hydrogen-bond acceptors (Lipinski definition) is 6. The average Bonchev–Trinajstić information content (AvgIpc) is 2.80. The zero-order valence-electron chi connectivity index (χ0n) is 19.9. The number of rotatable bonds is 0. The molecule has 3 aromatic rings. The summed E-state index contributed by atoms with van der Waals surface area (Å²) in [6.07, 6.45) is 19.9. The maximum Gasteiger partial charge on any atom is 0.129 e. The number of aromatic nitrogens is 6. The van der Waals surface area contributed by atoms with Gasteiger partial charge >= 0.3 is 0 Å². The predicted molar refractivity (Wildman–Crippen MR) is 144 cm³/mol. The van der Waals surface area contributed by atoms with E-state index in [1.165, 1.54) is 0 Å². The Balaban J connectivity index is 0.000000431. The molecule has 0 radical (unpaired) electrons. The minimum atomic E-state index is -1.25. The molecular formula is C24H29BrN6Si2. The summed E-state index contributed by atoms with van der Waals surface area (Å²) < 4.78 is 0.961. The molecule has 0 saturated heterocycles. The average molecular weight is 538 g/mol. The Bertz CT molecular complexity index is 1060. The Morgan fingerprint density at radius 1 is 0.667 bits per heavy atom. The molecule has 0 spiro atoms. The van der Waals surface area contributed by atoms with Crippen LogP contribution in [0.3, 0.4) is 0 Å². The first-order valence-electron chi connectivity index (χ1n) is 9.90. The van der Waals surface area contributed by atoms with Gasteiger partial charge in [-0.15, -0.1) is 23.9 Å². The fraction of sp³-hybridized carbons (Fsp3) is 0.250. The van der Waals surface area contributed by atoms with Crippen molar-refractivity contribution in [2.45, 2.75) is 39.3 Å². The Morgan fingerprint density at radius 3 is 1.36 bits per heavy atom. The van der Waals surface area contributed by atoms with Crippen LogP contribution in [-0.4, -0.2) is 46.7 Å². The van der Waals surface area contributed by atoms with Crippen LogP contribution in [0.5, 0.6) is 0 Å². The lowest BCUT2D eigenvalue weighted by Crippen LogP contribution is -2.16. The van der Waals surface area contributed by atoms with E-state index < -0.39 is 16.1 Å². The van der Waals surface area contributed by atoms with Crippen LogP contribution in [0.25, 0.3) is 0 Å². The minimum absolute atomic E-state index is 0.764. The zero-order chi connectivity index (χ0) is 25.2. The fourth-order valence-corrected chi connectivity index (χ4v) is 2.00. The van der Waals surface area contributed by atoms with Gasteiger partial charge in [0.05, 0.1) is 37.2 Å². The quantitative estimate of drug-likeness (QED) is 0.300. The van der Waals surface area contributed by atoms with Crippen LogP contribution in [0.2, 0.25) is 39.3 Å². The largest absolute Gasteiger partial charge is 0.159 e. The van der Waals surface area contributed by atoms with E-state index in [4.69, 9.17) is 12.8 Å². The second-order valence-corrected chi connectivity index (χ2v) is 18.8. The van der Waals surface area contributed by atoms with Gasteiger partial charge in [0.25, 0.3) is 0 Å². The monoisotopic (exact) mass is 536 g/mol. The molecule has 0 N–H and O–H groups in total. The number of nitrogens with zero attached hydrogens (tertiary/aromatic N) is 6. The summed E-state index contributed by atoms with van der Waals surface area (Å²) in [6.45, 7) is 13.1. The molecule has 0 bridgehead atoms. The van der Waals surface area contributed by atoms with Crippen LogP contribution in [0.15, 0.2) is 59.9 Å². The summed E-state index contributed by atoms with van der Waals surface area (Å²) in [5.74, 6) is 5.52. The van der Waals surface area contributed by atoms with E-state index in [-0.39, 0.29) is 0 Å². The maximum atomic E-state index is 5.12. The number of halogens is 1. The van der Waals surface area contributed by atoms with Crippen molar-refractivity contribution in [2.24, 2.45) is 0 Å². The smallest absolute Gasteiger partial charge is 0.129 e. The van der Waals surface area contributed by atoms with Crippen LogP contribution in [-0.2, 0) is 0 Å². The van der Waals surface area contributed by atoms with Crippen LogP contribution in [0, 0.1) is 35.8 Å². The van der Waals surface area contributed by atoms with Crippen molar-refractivity contribution in [3.05, 3.63) is 71.0 Å². The second-order valence-electron chi connectivity index (χ2n) is 8.36. The van der Waals surface area contributed by atoms with Crippen molar-refractivity contribution in [3.63, 3.8) is 0 Å². The van der Waals surface area contributed by atoms with Crippen LogP contribution in [0.4, 0.5) is 0 Å². The Hall–Kier alpha value is -3.17. The normalized spacial score (nSPS) is 9.36. The van der Waals surface area contributed by atoms with Gasteiger partial charge in [-0.1, -0.05) is 51.1 Å². The first-order valence-corrected chi connectivity index (χ1v) is 17.7. The second kappa shape index (κ2) is 16.5. The number of hydrogen-bond donors (Lipinski definition) is 0. The van der Waals surface area contributed by atoms with Crippen molar-refractivity contribution >= 4 is 32.1 Å². The summed E-state index contributed by atoms with van der Waals surface area (Å²) in [6, 6.07) is 5.43. The van der Waals surface area contributed by atoms with Gasteiger partial charge in [-0.05, 0) is 34.1 Å². The van der Waals surface area contributed by atoms with Gasteiger partial charge < -0.3 is 0 Å². The molecule has 0 unspecified atom stereocenters. The first kappa shape index (κ1) is 29.8. The molecule has 9 heteroatoms. The highest BCUT2D eigenvalue weighted by Crippen LogP contribution is 2.01. The molecule has 33 heavy (non-hydrogen) atoms. The van der Waals surface area contributed by atoms with Crippen molar-refractivity contribution in [2.75, 3.05) is 0 Å².